The van der Waals surface area contributed by atoms with Crippen LogP contribution in [0.2, 0.25) is 0 Å². The molecule has 0 aliphatic rings. The summed E-state index contributed by atoms with van der Waals surface area (Å²) in [5.41, 5.74) is 12.9. The number of rotatable bonds is 15. The van der Waals surface area contributed by atoms with Gasteiger partial charge in [-0.25, -0.2) is 4.79 Å². The minimum absolute atomic E-state index is 0.00597. The SMILES string of the molecule is CC(O)C(N)C(=O)NC(CCC(N)=O)C(=O)NC(Cc1c[nH]c2ccccc12)C(=O)NC(Cc1ccc(O)cc1)C(=O)O. The normalized spacial score (nSPS) is 14.6. The Bertz CT molecular complexity index is 1450. The smallest absolute Gasteiger partial charge is 0.326 e. The molecular formula is C29H36N6O8. The summed E-state index contributed by atoms with van der Waals surface area (Å²) in [6.45, 7) is 1.29. The van der Waals surface area contributed by atoms with Gasteiger partial charge in [0.1, 0.15) is 29.9 Å². The van der Waals surface area contributed by atoms with Crippen LogP contribution >= 0.6 is 0 Å². The average molecular weight is 597 g/mol. The lowest BCUT2D eigenvalue weighted by atomic mass is 10.0. The summed E-state index contributed by atoms with van der Waals surface area (Å²) >= 11 is 0. The van der Waals surface area contributed by atoms with E-state index in [0.717, 1.165) is 10.9 Å². The molecule has 0 aliphatic carbocycles. The molecule has 14 nitrogen and oxygen atoms in total. The van der Waals surface area contributed by atoms with Crippen LogP contribution in [0.4, 0.5) is 0 Å². The summed E-state index contributed by atoms with van der Waals surface area (Å²) in [6, 6.07) is 7.66. The van der Waals surface area contributed by atoms with Gasteiger partial charge in [0.15, 0.2) is 0 Å². The van der Waals surface area contributed by atoms with E-state index in [0.29, 0.717) is 11.1 Å². The van der Waals surface area contributed by atoms with Gasteiger partial charge in [0.25, 0.3) is 0 Å². The van der Waals surface area contributed by atoms with E-state index in [2.05, 4.69) is 20.9 Å². The molecule has 0 bridgehead atoms. The van der Waals surface area contributed by atoms with Crippen LogP contribution in [-0.2, 0) is 36.8 Å². The lowest BCUT2D eigenvalue weighted by Gasteiger charge is -2.25. The predicted octanol–water partition coefficient (Wildman–Crippen LogP) is -0.829. The zero-order chi connectivity index (χ0) is 31.7. The number of aromatic nitrogens is 1. The van der Waals surface area contributed by atoms with Crippen molar-refractivity contribution >= 4 is 40.5 Å². The van der Waals surface area contributed by atoms with E-state index >= 15 is 0 Å². The van der Waals surface area contributed by atoms with E-state index in [1.165, 1.54) is 31.2 Å². The number of carbonyl (C=O) groups is 5. The fraction of sp³-hybridized carbons (Fsp3) is 0.345. The zero-order valence-electron chi connectivity index (χ0n) is 23.4. The first kappa shape index (κ1) is 32.6. The van der Waals surface area contributed by atoms with Crippen LogP contribution in [0.25, 0.3) is 10.9 Å². The number of aromatic amines is 1. The number of carboxylic acid groups (broad SMARTS) is 1. The van der Waals surface area contributed by atoms with Crippen LogP contribution in [0.3, 0.4) is 0 Å². The lowest BCUT2D eigenvalue weighted by molar-refractivity contribution is -0.142. The third-order valence-electron chi connectivity index (χ3n) is 6.86. The summed E-state index contributed by atoms with van der Waals surface area (Å²) in [7, 11) is 0. The van der Waals surface area contributed by atoms with Gasteiger partial charge in [0.2, 0.25) is 23.6 Å². The molecule has 0 radical (unpaired) electrons. The van der Waals surface area contributed by atoms with E-state index in [1.807, 2.05) is 18.2 Å². The first-order chi connectivity index (χ1) is 20.3. The number of phenolic OH excluding ortho intramolecular Hbond substituents is 1. The number of nitrogens with two attached hydrogens (primary N) is 2. The van der Waals surface area contributed by atoms with Crippen molar-refractivity contribution in [3.05, 3.63) is 65.9 Å². The second-order valence-electron chi connectivity index (χ2n) is 10.2. The van der Waals surface area contributed by atoms with E-state index in [4.69, 9.17) is 11.5 Å². The molecule has 5 atom stereocenters. The number of carbonyl (C=O) groups excluding carboxylic acids is 4. The topological polar surface area (TPSA) is 250 Å². The Hall–Kier alpha value is -4.95. The number of aliphatic hydroxyl groups excluding tert-OH is 1. The molecule has 0 aliphatic heterocycles. The van der Waals surface area contributed by atoms with Gasteiger partial charge in [0.05, 0.1) is 6.10 Å². The number of phenols is 1. The van der Waals surface area contributed by atoms with Crippen molar-refractivity contribution in [1.82, 2.24) is 20.9 Å². The van der Waals surface area contributed by atoms with Crippen LogP contribution in [0.5, 0.6) is 5.75 Å². The number of carboxylic acids is 1. The summed E-state index contributed by atoms with van der Waals surface area (Å²) in [6.07, 6.45) is -0.243. The number of H-pyrrole nitrogens is 1. The van der Waals surface area contributed by atoms with Gasteiger partial charge in [-0.3, -0.25) is 19.2 Å². The maximum Gasteiger partial charge on any atom is 0.326 e. The van der Waals surface area contributed by atoms with Crippen LogP contribution < -0.4 is 27.4 Å². The highest BCUT2D eigenvalue weighted by molar-refractivity contribution is 5.95. The minimum atomic E-state index is -1.38. The number of aromatic hydroxyl groups is 1. The number of benzene rings is 2. The van der Waals surface area contributed by atoms with Gasteiger partial charge in [-0.1, -0.05) is 30.3 Å². The molecular weight excluding hydrogens is 560 g/mol. The largest absolute Gasteiger partial charge is 0.508 e. The van der Waals surface area contributed by atoms with Gasteiger partial charge in [-0.05, 0) is 42.7 Å². The summed E-state index contributed by atoms with van der Waals surface area (Å²) in [5, 5.41) is 37.2. The van der Waals surface area contributed by atoms with E-state index in [-0.39, 0.29) is 31.4 Å². The standard InChI is InChI=1S/C29H36N6O8/c1-15(36)25(31)28(41)33-21(10-11-24(30)38)26(39)34-22(13-17-14-32-20-5-3-2-4-19(17)20)27(40)35-23(29(42)43)12-16-6-8-18(37)9-7-16/h2-9,14-15,21-23,25,32,36-37H,10-13,31H2,1H3,(H2,30,38)(H,33,41)(H,34,39)(H,35,40)(H,42,43). The number of hydrogen-bond acceptors (Lipinski definition) is 8. The molecule has 1 heterocycles. The molecule has 0 fully saturated rings. The molecule has 14 heteroatoms. The number of amides is 4. The Morgan fingerprint density at radius 1 is 0.860 bits per heavy atom. The van der Waals surface area contributed by atoms with Crippen LogP contribution in [-0.4, -0.2) is 80.2 Å². The predicted molar refractivity (Wildman–Crippen MR) is 155 cm³/mol. The fourth-order valence-electron chi connectivity index (χ4n) is 4.38. The van der Waals surface area contributed by atoms with Gasteiger partial charge in [-0.2, -0.15) is 0 Å². The van der Waals surface area contributed by atoms with Gasteiger partial charge < -0.3 is 47.7 Å². The van der Waals surface area contributed by atoms with Crippen molar-refractivity contribution in [2.24, 2.45) is 11.5 Å². The number of primary amides is 1. The third kappa shape index (κ3) is 9.28. The van der Waals surface area contributed by atoms with Crippen LogP contribution in [0.1, 0.15) is 30.9 Å². The third-order valence-corrected chi connectivity index (χ3v) is 6.86. The number of aliphatic carboxylic acids is 1. The molecule has 43 heavy (non-hydrogen) atoms. The van der Waals surface area contributed by atoms with Gasteiger partial charge >= 0.3 is 5.97 Å². The molecule has 230 valence electrons. The Balaban J connectivity index is 1.88. The molecule has 4 amide bonds. The second kappa shape index (κ2) is 14.8. The summed E-state index contributed by atoms with van der Waals surface area (Å²) < 4.78 is 0. The molecule has 3 aromatic rings. The fourth-order valence-corrected chi connectivity index (χ4v) is 4.38. The molecule has 3 rings (SSSR count). The Kier molecular flexibility index (Phi) is 11.2. The molecule has 0 saturated heterocycles. The van der Waals surface area contributed by atoms with Crippen molar-refractivity contribution in [2.75, 3.05) is 0 Å². The maximum absolute atomic E-state index is 13.6. The number of nitrogens with one attached hydrogen (secondary N) is 4. The van der Waals surface area contributed by atoms with Crippen molar-refractivity contribution in [3.63, 3.8) is 0 Å². The maximum atomic E-state index is 13.6. The van der Waals surface area contributed by atoms with Gasteiger partial charge in [-0.15, -0.1) is 0 Å². The monoisotopic (exact) mass is 596 g/mol. The van der Waals surface area contributed by atoms with E-state index in [9.17, 15) is 39.3 Å². The highest BCUT2D eigenvalue weighted by Crippen LogP contribution is 2.20. The Labute approximate surface area is 246 Å². The van der Waals surface area contributed by atoms with E-state index in [1.54, 1.807) is 12.3 Å². The number of aliphatic hydroxyl groups is 1. The summed E-state index contributed by atoms with van der Waals surface area (Å²) in [5.74, 6) is -4.59. The number of fused-ring (bicyclic) bond motifs is 1. The summed E-state index contributed by atoms with van der Waals surface area (Å²) in [4.78, 5) is 66.1. The minimum Gasteiger partial charge on any atom is -0.508 e. The van der Waals surface area contributed by atoms with Gasteiger partial charge in [0, 0.05) is 36.4 Å². The second-order valence-corrected chi connectivity index (χ2v) is 10.2. The van der Waals surface area contributed by atoms with Crippen molar-refractivity contribution in [2.45, 2.75) is 62.9 Å². The molecule has 5 unspecified atom stereocenters. The van der Waals surface area contributed by atoms with Crippen LogP contribution in [0.15, 0.2) is 54.7 Å². The first-order valence-corrected chi connectivity index (χ1v) is 13.5. The highest BCUT2D eigenvalue weighted by Gasteiger charge is 2.32. The molecule has 2 aromatic carbocycles. The quantitative estimate of drug-likeness (QED) is 0.106. The molecule has 0 spiro atoms. The number of para-hydroxylation sites is 1. The molecule has 0 saturated carbocycles. The Morgan fingerprint density at radius 2 is 1.47 bits per heavy atom. The number of hydrogen-bond donors (Lipinski definition) is 9. The van der Waals surface area contributed by atoms with Crippen molar-refractivity contribution in [3.8, 4) is 5.75 Å². The highest BCUT2D eigenvalue weighted by atomic mass is 16.4. The first-order valence-electron chi connectivity index (χ1n) is 13.5. The molecule has 11 N–H and O–H groups in total. The van der Waals surface area contributed by atoms with E-state index < -0.39 is 59.9 Å². The Morgan fingerprint density at radius 3 is 2.09 bits per heavy atom. The lowest BCUT2D eigenvalue weighted by Crippen LogP contribution is -2.58. The van der Waals surface area contributed by atoms with Crippen molar-refractivity contribution < 1.29 is 39.3 Å². The molecule has 1 aromatic heterocycles. The van der Waals surface area contributed by atoms with Crippen LogP contribution in [0, 0.1) is 0 Å². The van der Waals surface area contributed by atoms with Crippen molar-refractivity contribution in [1.29, 1.82) is 0 Å². The average Bonchev–Trinajstić information content (AvgIpc) is 3.37. The zero-order valence-corrected chi connectivity index (χ0v) is 23.4.